The van der Waals surface area contributed by atoms with Gasteiger partial charge in [0.05, 0.1) is 22.3 Å². The van der Waals surface area contributed by atoms with Gasteiger partial charge in [-0.05, 0) is 44.0 Å². The first-order valence-electron chi connectivity index (χ1n) is 10.6. The van der Waals surface area contributed by atoms with Gasteiger partial charge in [0.1, 0.15) is 17.6 Å². The molecule has 9 heteroatoms. The Balaban J connectivity index is 1.91. The van der Waals surface area contributed by atoms with Gasteiger partial charge < -0.3 is 14.8 Å². The van der Waals surface area contributed by atoms with Crippen LogP contribution in [0.2, 0.25) is 0 Å². The third-order valence-electron chi connectivity index (χ3n) is 6.31. The van der Waals surface area contributed by atoms with Crippen molar-refractivity contribution in [2.45, 2.75) is 38.3 Å². The third kappa shape index (κ3) is 4.18. The van der Waals surface area contributed by atoms with Crippen molar-refractivity contribution in [3.8, 4) is 6.07 Å². The van der Waals surface area contributed by atoms with Crippen molar-refractivity contribution in [2.75, 3.05) is 18.0 Å². The van der Waals surface area contributed by atoms with Crippen LogP contribution in [0.15, 0.2) is 41.2 Å². The highest BCUT2D eigenvalue weighted by Crippen LogP contribution is 2.36. The maximum Gasteiger partial charge on any atom is 0.264 e. The van der Waals surface area contributed by atoms with Gasteiger partial charge in [-0.1, -0.05) is 6.07 Å². The van der Waals surface area contributed by atoms with E-state index in [1.54, 1.807) is 19.2 Å². The number of nitrogens with zero attached hydrogens (tertiary/aromatic N) is 4. The molecule has 1 aliphatic heterocycles. The summed E-state index contributed by atoms with van der Waals surface area (Å²) in [6, 6.07) is 10.2. The van der Waals surface area contributed by atoms with Gasteiger partial charge in [-0.2, -0.15) is 5.26 Å². The zero-order valence-corrected chi connectivity index (χ0v) is 18.6. The molecule has 0 radical (unpaired) electrons. The monoisotopic (exact) mass is 455 g/mol. The lowest BCUT2D eigenvalue weighted by atomic mass is 9.85. The van der Waals surface area contributed by atoms with Gasteiger partial charge in [0.25, 0.3) is 12.0 Å². The van der Waals surface area contributed by atoms with E-state index in [4.69, 9.17) is 0 Å². The molecule has 2 aromatic heterocycles. The first-order valence-corrected chi connectivity index (χ1v) is 10.6. The highest BCUT2D eigenvalue weighted by molar-refractivity contribution is 5.89. The van der Waals surface area contributed by atoms with E-state index >= 15 is 0 Å². The standard InChI is InChI=1S/C24H24F3N5O/c1-14-12-32(20-9-17(11-28)30-19-6-7-21(33)31(3)22(19)20)24(2,13-29-14)10-15-4-5-16(25)8-18(15)23(26)27/h4-9,14,23,29H,10,12-13H2,1-3H3/t14-,24+/m1/s1. The van der Waals surface area contributed by atoms with E-state index in [9.17, 15) is 23.2 Å². The fourth-order valence-corrected chi connectivity index (χ4v) is 4.57. The van der Waals surface area contributed by atoms with E-state index in [2.05, 4.69) is 21.3 Å². The smallest absolute Gasteiger partial charge is 0.264 e. The normalized spacial score (nSPS) is 20.9. The topological polar surface area (TPSA) is 74.0 Å². The SMILES string of the molecule is C[C@@H]1CN(c2cc(C#N)nc3ccc(=O)n(C)c23)[C@@](C)(Cc2ccc(F)cc2C(F)F)CN1. The zero-order valence-electron chi connectivity index (χ0n) is 18.6. The number of nitriles is 1. The molecular formula is C24H24F3N5O. The van der Waals surface area contributed by atoms with Gasteiger partial charge in [0.15, 0.2) is 0 Å². The molecule has 1 aromatic carbocycles. The summed E-state index contributed by atoms with van der Waals surface area (Å²) >= 11 is 0. The van der Waals surface area contributed by atoms with Crippen molar-refractivity contribution >= 4 is 16.7 Å². The number of fused-ring (bicyclic) bond motifs is 1. The number of anilines is 1. The maximum absolute atomic E-state index is 13.7. The molecule has 1 fully saturated rings. The number of halogens is 3. The molecule has 4 rings (SSSR count). The second-order valence-electron chi connectivity index (χ2n) is 8.81. The average molecular weight is 455 g/mol. The second kappa shape index (κ2) is 8.52. The Morgan fingerprint density at radius 2 is 2.06 bits per heavy atom. The van der Waals surface area contributed by atoms with Crippen molar-refractivity contribution in [3.05, 3.63) is 69.4 Å². The fraction of sp³-hybridized carbons (Fsp3) is 0.375. The zero-order chi connectivity index (χ0) is 23.9. The predicted molar refractivity (Wildman–Crippen MR) is 120 cm³/mol. The summed E-state index contributed by atoms with van der Waals surface area (Å²) in [5.41, 5.74) is 0.972. The average Bonchev–Trinajstić information content (AvgIpc) is 2.78. The first-order chi connectivity index (χ1) is 15.6. The molecule has 0 bridgehead atoms. The molecular weight excluding hydrogens is 431 g/mol. The molecule has 172 valence electrons. The van der Waals surface area contributed by atoms with Crippen molar-refractivity contribution < 1.29 is 13.2 Å². The van der Waals surface area contributed by atoms with Crippen LogP contribution in [-0.4, -0.2) is 34.2 Å². The van der Waals surface area contributed by atoms with E-state index in [0.29, 0.717) is 35.4 Å². The quantitative estimate of drug-likeness (QED) is 0.650. The minimum Gasteiger partial charge on any atom is -0.361 e. The number of hydrogen-bond acceptors (Lipinski definition) is 5. The number of piperazine rings is 1. The molecule has 0 aliphatic carbocycles. The number of benzene rings is 1. The predicted octanol–water partition coefficient (Wildman–Crippen LogP) is 3.68. The van der Waals surface area contributed by atoms with Gasteiger partial charge in [-0.25, -0.2) is 18.2 Å². The van der Waals surface area contributed by atoms with Crippen LogP contribution in [0.4, 0.5) is 18.9 Å². The van der Waals surface area contributed by atoms with Crippen LogP contribution < -0.4 is 15.8 Å². The summed E-state index contributed by atoms with van der Waals surface area (Å²) in [7, 11) is 1.64. The summed E-state index contributed by atoms with van der Waals surface area (Å²) in [6.07, 6.45) is -2.60. The molecule has 3 aromatic rings. The van der Waals surface area contributed by atoms with Crippen LogP contribution in [-0.2, 0) is 13.5 Å². The van der Waals surface area contributed by atoms with E-state index in [0.717, 1.165) is 6.07 Å². The van der Waals surface area contributed by atoms with Gasteiger partial charge >= 0.3 is 0 Å². The molecule has 0 saturated carbocycles. The highest BCUT2D eigenvalue weighted by atomic mass is 19.3. The lowest BCUT2D eigenvalue weighted by molar-refractivity contribution is 0.149. The summed E-state index contributed by atoms with van der Waals surface area (Å²) < 4.78 is 42.6. The minimum atomic E-state index is -2.81. The first kappa shape index (κ1) is 22.8. The van der Waals surface area contributed by atoms with Gasteiger partial charge in [-0.15, -0.1) is 0 Å². The number of aromatic nitrogens is 2. The van der Waals surface area contributed by atoms with Crippen LogP contribution in [0.25, 0.3) is 11.0 Å². The Kier molecular flexibility index (Phi) is 5.89. The molecule has 0 spiro atoms. The summed E-state index contributed by atoms with van der Waals surface area (Å²) in [4.78, 5) is 18.8. The minimum absolute atomic E-state index is 0.0651. The Bertz CT molecular complexity index is 1320. The van der Waals surface area contributed by atoms with Gasteiger partial charge in [-0.3, -0.25) is 4.79 Å². The van der Waals surface area contributed by atoms with Crippen molar-refractivity contribution in [1.29, 1.82) is 5.26 Å². The maximum atomic E-state index is 13.7. The molecule has 0 amide bonds. The molecule has 1 N–H and O–H groups in total. The summed E-state index contributed by atoms with van der Waals surface area (Å²) in [6.45, 7) is 4.90. The Hall–Kier alpha value is -3.38. The largest absolute Gasteiger partial charge is 0.361 e. The molecule has 6 nitrogen and oxygen atoms in total. The number of rotatable bonds is 4. The van der Waals surface area contributed by atoms with Crippen LogP contribution in [0.1, 0.15) is 37.1 Å². The molecule has 3 heterocycles. The van der Waals surface area contributed by atoms with Crippen LogP contribution >= 0.6 is 0 Å². The summed E-state index contributed by atoms with van der Waals surface area (Å²) in [5, 5.41) is 13.0. The van der Waals surface area contributed by atoms with Crippen molar-refractivity contribution in [2.24, 2.45) is 7.05 Å². The Morgan fingerprint density at radius 3 is 2.76 bits per heavy atom. The van der Waals surface area contributed by atoms with E-state index < -0.39 is 17.8 Å². The van der Waals surface area contributed by atoms with Gasteiger partial charge in [0.2, 0.25) is 0 Å². The van der Waals surface area contributed by atoms with Crippen molar-refractivity contribution in [3.63, 3.8) is 0 Å². The summed E-state index contributed by atoms with van der Waals surface area (Å²) in [5.74, 6) is -0.708. The Morgan fingerprint density at radius 1 is 1.30 bits per heavy atom. The number of alkyl halides is 2. The molecule has 1 aliphatic rings. The lowest BCUT2D eigenvalue weighted by Crippen LogP contribution is -2.64. The molecule has 33 heavy (non-hydrogen) atoms. The molecule has 0 unspecified atom stereocenters. The van der Waals surface area contributed by atoms with Crippen LogP contribution in [0.5, 0.6) is 0 Å². The number of aryl methyl sites for hydroxylation is 1. The van der Waals surface area contributed by atoms with E-state index in [1.807, 2.05) is 13.8 Å². The van der Waals surface area contributed by atoms with Crippen LogP contribution in [0.3, 0.4) is 0 Å². The third-order valence-corrected chi connectivity index (χ3v) is 6.31. The van der Waals surface area contributed by atoms with Crippen LogP contribution in [0, 0.1) is 17.1 Å². The van der Waals surface area contributed by atoms with Gasteiger partial charge in [0, 0.05) is 43.9 Å². The Labute approximate surface area is 189 Å². The fourth-order valence-electron chi connectivity index (χ4n) is 4.57. The van der Waals surface area contributed by atoms with Crippen molar-refractivity contribution in [1.82, 2.24) is 14.9 Å². The van der Waals surface area contributed by atoms with E-state index in [1.165, 1.54) is 22.8 Å². The highest BCUT2D eigenvalue weighted by Gasteiger charge is 2.39. The number of hydrogen-bond donors (Lipinski definition) is 1. The van der Waals surface area contributed by atoms with E-state index in [-0.39, 0.29) is 29.3 Å². The molecule has 2 atom stereocenters. The lowest BCUT2D eigenvalue weighted by Gasteiger charge is -2.49. The number of nitrogens with one attached hydrogen (secondary N) is 1. The number of pyridine rings is 2. The molecule has 1 saturated heterocycles. The second-order valence-corrected chi connectivity index (χ2v) is 8.81.